The fourth-order valence-corrected chi connectivity index (χ4v) is 8.23. The van der Waals surface area contributed by atoms with Gasteiger partial charge >= 0.3 is 0 Å². The molecule has 0 aliphatic carbocycles. The molecule has 1 saturated heterocycles. The van der Waals surface area contributed by atoms with Gasteiger partial charge in [0.2, 0.25) is 5.91 Å². The molecule has 264 valence electrons. The van der Waals surface area contributed by atoms with Crippen molar-refractivity contribution in [3.63, 3.8) is 0 Å². The molecule has 2 aromatic carbocycles. The summed E-state index contributed by atoms with van der Waals surface area (Å²) in [5.74, 6) is 0.834. The average molecular weight is 670 g/mol. The molecule has 1 heterocycles. The van der Waals surface area contributed by atoms with E-state index < -0.39 is 20.7 Å². The molecule has 1 amide bonds. The van der Waals surface area contributed by atoms with Gasteiger partial charge in [0.15, 0.2) is 14.6 Å². The van der Waals surface area contributed by atoms with Crippen molar-refractivity contribution < 1.29 is 28.5 Å². The molecule has 0 saturated carbocycles. The molecule has 1 aliphatic rings. The predicted molar refractivity (Wildman–Crippen MR) is 193 cm³/mol. The molecule has 2 aromatic rings. The summed E-state index contributed by atoms with van der Waals surface area (Å²) in [5.41, 5.74) is 1.75. The van der Waals surface area contributed by atoms with Crippen LogP contribution in [0.3, 0.4) is 0 Å². The summed E-state index contributed by atoms with van der Waals surface area (Å²) in [5, 5.41) is 11.1. The minimum Gasteiger partial charge on any atom is -0.497 e. The smallest absolute Gasteiger partial charge is 0.225 e. The van der Waals surface area contributed by atoms with E-state index in [-0.39, 0.29) is 59.0 Å². The molecule has 0 aromatic heterocycles. The molecule has 1 fully saturated rings. The lowest BCUT2D eigenvalue weighted by molar-refractivity contribution is -0.294. The number of rotatable bonds is 14. The maximum Gasteiger partial charge on any atom is 0.225 e. The van der Waals surface area contributed by atoms with Gasteiger partial charge in [0.25, 0.3) is 0 Å². The lowest BCUT2D eigenvalue weighted by Gasteiger charge is -2.48. The fraction of sp³-hybridized carbons (Fsp3) is 0.667. The SMILES string of the molecule is CC[C@@H](O[Si](C)(C)C(C)(C)C)[C@H](C)[C@@H]1O[C@H](c2ccc(OC)cc2)O[C@@H]([C@H](C)C[C@H](C)C(=O)N(C)[C@H](C)[C@@H](O)c2ccccc2)[C@@H]1C. The number of likely N-dealkylation sites (N-methyl/N-ethyl adjacent to an activating group) is 1. The molecule has 0 spiro atoms. The average Bonchev–Trinajstić information content (AvgIpc) is 3.05. The van der Waals surface area contributed by atoms with Crippen LogP contribution in [0.5, 0.6) is 5.75 Å². The first-order valence-electron chi connectivity index (χ1n) is 17.6. The van der Waals surface area contributed by atoms with Crippen LogP contribution in [0.2, 0.25) is 18.1 Å². The standard InChI is InChI=1S/C39H63NO6Si/c1-14-33(46-47(12,13)39(7,8)9)27(4)36-28(5)35(44-38(45-36)31-20-22-32(43-11)23-21-31)25(2)24-26(3)37(42)40(10)29(6)34(41)30-18-16-15-17-19-30/h15-23,25-29,33-36,38,41H,14,24H2,1-13H3/t25-,26+,27+,28+,29-,33-,34-,35+,36+,38-/m1/s1. The Morgan fingerprint density at radius 1 is 0.979 bits per heavy atom. The van der Waals surface area contributed by atoms with Gasteiger partial charge in [-0.1, -0.05) is 97.9 Å². The largest absolute Gasteiger partial charge is 0.497 e. The minimum absolute atomic E-state index is 0.0180. The molecular weight excluding hydrogens is 607 g/mol. The molecule has 10 atom stereocenters. The van der Waals surface area contributed by atoms with E-state index in [0.29, 0.717) is 6.42 Å². The van der Waals surface area contributed by atoms with E-state index in [1.807, 2.05) is 68.4 Å². The summed E-state index contributed by atoms with van der Waals surface area (Å²) in [6.45, 7) is 24.3. The number of ether oxygens (including phenoxy) is 3. The zero-order chi connectivity index (χ0) is 35.3. The summed E-state index contributed by atoms with van der Waals surface area (Å²) < 4.78 is 26.1. The molecule has 3 rings (SSSR count). The summed E-state index contributed by atoms with van der Waals surface area (Å²) in [6, 6.07) is 17.0. The molecule has 0 bridgehead atoms. The zero-order valence-corrected chi connectivity index (χ0v) is 32.3. The second kappa shape index (κ2) is 16.4. The van der Waals surface area contributed by atoms with Crippen LogP contribution in [0, 0.1) is 23.7 Å². The third kappa shape index (κ3) is 9.47. The number of benzene rings is 2. The second-order valence-electron chi connectivity index (χ2n) is 15.5. The first-order valence-corrected chi connectivity index (χ1v) is 20.5. The van der Waals surface area contributed by atoms with Crippen molar-refractivity contribution in [2.75, 3.05) is 14.2 Å². The predicted octanol–water partition coefficient (Wildman–Crippen LogP) is 8.79. The van der Waals surface area contributed by atoms with Crippen LogP contribution in [-0.2, 0) is 18.7 Å². The highest BCUT2D eigenvalue weighted by Crippen LogP contribution is 2.44. The Labute approximate surface area is 286 Å². The maximum atomic E-state index is 13.7. The quantitative estimate of drug-likeness (QED) is 0.203. The van der Waals surface area contributed by atoms with Crippen molar-refractivity contribution in [3.8, 4) is 5.75 Å². The van der Waals surface area contributed by atoms with Crippen LogP contribution in [-0.4, -0.2) is 62.7 Å². The highest BCUT2D eigenvalue weighted by Gasteiger charge is 2.47. The number of nitrogens with zero attached hydrogens (tertiary/aromatic N) is 1. The van der Waals surface area contributed by atoms with Gasteiger partial charge < -0.3 is 28.6 Å². The van der Waals surface area contributed by atoms with Gasteiger partial charge in [-0.2, -0.15) is 0 Å². The molecular formula is C39H63NO6Si. The fourth-order valence-electron chi connectivity index (χ4n) is 6.74. The van der Waals surface area contributed by atoms with E-state index in [9.17, 15) is 9.90 Å². The summed E-state index contributed by atoms with van der Waals surface area (Å²) in [4.78, 5) is 15.4. The van der Waals surface area contributed by atoms with Crippen LogP contribution >= 0.6 is 0 Å². The summed E-state index contributed by atoms with van der Waals surface area (Å²) in [6.07, 6.45) is 0.0630. The normalized spacial score (nSPS) is 24.5. The van der Waals surface area contributed by atoms with E-state index in [4.69, 9.17) is 18.6 Å². The number of carbonyl (C=O) groups excluding carboxylic acids is 1. The van der Waals surface area contributed by atoms with E-state index in [0.717, 1.165) is 23.3 Å². The molecule has 1 aliphatic heterocycles. The zero-order valence-electron chi connectivity index (χ0n) is 31.3. The summed E-state index contributed by atoms with van der Waals surface area (Å²) in [7, 11) is 1.44. The first kappa shape index (κ1) is 39.2. The number of hydrogen-bond acceptors (Lipinski definition) is 6. The molecule has 0 radical (unpaired) electrons. The maximum absolute atomic E-state index is 13.7. The van der Waals surface area contributed by atoms with Crippen molar-refractivity contribution in [2.45, 2.75) is 130 Å². The minimum atomic E-state index is -2.01. The third-order valence-corrected chi connectivity index (χ3v) is 15.5. The Kier molecular flexibility index (Phi) is 13.7. The number of amides is 1. The van der Waals surface area contributed by atoms with Gasteiger partial charge in [-0.15, -0.1) is 0 Å². The van der Waals surface area contributed by atoms with Crippen LogP contribution in [0.25, 0.3) is 0 Å². The van der Waals surface area contributed by atoms with Gasteiger partial charge in [-0.05, 0) is 61.5 Å². The molecule has 7 nitrogen and oxygen atoms in total. The first-order chi connectivity index (χ1) is 21.9. The Morgan fingerprint density at radius 3 is 2.09 bits per heavy atom. The molecule has 1 N–H and O–H groups in total. The lowest BCUT2D eigenvalue weighted by atomic mass is 9.78. The number of hydrogen-bond donors (Lipinski definition) is 1. The number of methoxy groups -OCH3 is 1. The number of aliphatic hydroxyl groups excluding tert-OH is 1. The highest BCUT2D eigenvalue weighted by atomic mass is 28.4. The van der Waals surface area contributed by atoms with Gasteiger partial charge in [0.05, 0.1) is 31.5 Å². The lowest BCUT2D eigenvalue weighted by Crippen LogP contribution is -2.52. The Hall–Kier alpha value is -2.23. The van der Waals surface area contributed by atoms with Crippen molar-refractivity contribution in [1.82, 2.24) is 4.90 Å². The number of aliphatic hydroxyl groups is 1. The Morgan fingerprint density at radius 2 is 1.55 bits per heavy atom. The molecule has 8 heteroatoms. The van der Waals surface area contributed by atoms with Crippen LogP contribution in [0.4, 0.5) is 0 Å². The molecule has 0 unspecified atom stereocenters. The van der Waals surface area contributed by atoms with Crippen molar-refractivity contribution in [1.29, 1.82) is 0 Å². The van der Waals surface area contributed by atoms with Crippen molar-refractivity contribution >= 4 is 14.2 Å². The van der Waals surface area contributed by atoms with E-state index in [1.165, 1.54) is 0 Å². The van der Waals surface area contributed by atoms with E-state index in [1.54, 1.807) is 19.1 Å². The van der Waals surface area contributed by atoms with Gasteiger partial charge in [0.1, 0.15) is 5.75 Å². The van der Waals surface area contributed by atoms with E-state index >= 15 is 0 Å². The van der Waals surface area contributed by atoms with Crippen LogP contribution in [0.15, 0.2) is 54.6 Å². The van der Waals surface area contributed by atoms with Crippen LogP contribution < -0.4 is 4.74 Å². The molecule has 47 heavy (non-hydrogen) atoms. The van der Waals surface area contributed by atoms with Gasteiger partial charge in [-0.3, -0.25) is 4.79 Å². The van der Waals surface area contributed by atoms with Crippen molar-refractivity contribution in [2.24, 2.45) is 23.7 Å². The third-order valence-electron chi connectivity index (χ3n) is 11.0. The second-order valence-corrected chi connectivity index (χ2v) is 20.3. The Balaban J connectivity index is 1.84. The monoisotopic (exact) mass is 669 g/mol. The highest BCUT2D eigenvalue weighted by molar-refractivity contribution is 6.74. The van der Waals surface area contributed by atoms with Gasteiger partial charge in [0, 0.05) is 36.5 Å². The van der Waals surface area contributed by atoms with E-state index in [2.05, 4.69) is 61.6 Å². The van der Waals surface area contributed by atoms with Crippen LogP contribution in [0.1, 0.15) is 98.7 Å². The Bertz CT molecular complexity index is 1250. The van der Waals surface area contributed by atoms with Gasteiger partial charge in [-0.25, -0.2) is 0 Å². The topological polar surface area (TPSA) is 77.5 Å². The summed E-state index contributed by atoms with van der Waals surface area (Å²) >= 11 is 0. The van der Waals surface area contributed by atoms with Crippen molar-refractivity contribution in [3.05, 3.63) is 65.7 Å². The number of carbonyl (C=O) groups is 1.